The molecule has 5 atom stereocenters. The highest BCUT2D eigenvalue weighted by molar-refractivity contribution is 5.89. The van der Waals surface area contributed by atoms with E-state index in [1.54, 1.807) is 53.4 Å². The Morgan fingerprint density at radius 1 is 0.947 bits per heavy atom. The summed E-state index contributed by atoms with van der Waals surface area (Å²) in [5, 5.41) is 72.1. The van der Waals surface area contributed by atoms with Crippen LogP contribution in [0.5, 0.6) is 17.4 Å². The smallest absolute Gasteiger partial charge is 0.329 e. The first-order valence-electron chi connectivity index (χ1n) is 18.4. The highest BCUT2D eigenvalue weighted by Gasteiger charge is 2.46. The van der Waals surface area contributed by atoms with E-state index in [1.165, 1.54) is 6.33 Å². The third-order valence-electron chi connectivity index (χ3n) is 10.6. The van der Waals surface area contributed by atoms with Crippen molar-refractivity contribution in [3.8, 4) is 17.4 Å². The number of carbonyl (C=O) groups excluding carboxylic acids is 1. The maximum atomic E-state index is 12.8. The summed E-state index contributed by atoms with van der Waals surface area (Å²) >= 11 is 0. The summed E-state index contributed by atoms with van der Waals surface area (Å²) in [6.45, 7) is 0.532. The van der Waals surface area contributed by atoms with Gasteiger partial charge in [0, 0.05) is 37.8 Å². The van der Waals surface area contributed by atoms with Gasteiger partial charge < -0.3 is 61.0 Å². The first-order valence-corrected chi connectivity index (χ1v) is 18.4. The second-order valence-electron chi connectivity index (χ2n) is 14.2. The Kier molecular flexibility index (Phi) is 10.1. The number of fused-ring (bicyclic) bond motifs is 1. The van der Waals surface area contributed by atoms with Gasteiger partial charge >= 0.3 is 11.7 Å². The Hall–Kier alpha value is -6.70. The highest BCUT2D eigenvalue weighted by Crippen LogP contribution is 2.42. The number of nitrogens with one attached hydrogen (secondary N) is 4. The maximum absolute atomic E-state index is 12.8. The first-order chi connectivity index (χ1) is 27.6. The van der Waals surface area contributed by atoms with Gasteiger partial charge in [0.15, 0.2) is 17.0 Å². The van der Waals surface area contributed by atoms with Gasteiger partial charge in [-0.25, -0.2) is 14.6 Å². The molecule has 0 unspecified atom stereocenters. The molecule has 0 bridgehead atoms. The van der Waals surface area contributed by atoms with Crippen LogP contribution in [0.15, 0.2) is 84.2 Å². The van der Waals surface area contributed by atoms with E-state index < -0.39 is 42.5 Å². The number of H-pyrrole nitrogens is 1. The van der Waals surface area contributed by atoms with Gasteiger partial charge in [0.1, 0.15) is 29.4 Å². The Morgan fingerprint density at radius 3 is 2.30 bits per heavy atom. The molecule has 19 nitrogen and oxygen atoms in total. The van der Waals surface area contributed by atoms with Gasteiger partial charge in [0.25, 0.3) is 0 Å². The summed E-state index contributed by atoms with van der Waals surface area (Å²) < 4.78 is 2.55. The van der Waals surface area contributed by atoms with E-state index in [2.05, 4.69) is 30.9 Å². The molecule has 1 aliphatic heterocycles. The van der Waals surface area contributed by atoms with Crippen LogP contribution in [0.2, 0.25) is 0 Å². The molecule has 0 spiro atoms. The number of aliphatic hydroxyl groups excluding tert-OH is 3. The number of phenolic OH excluding ortho intramolecular Hbond substituents is 2. The van der Waals surface area contributed by atoms with Gasteiger partial charge in [-0.1, -0.05) is 24.3 Å². The summed E-state index contributed by atoms with van der Waals surface area (Å²) in [4.78, 5) is 48.4. The molecule has 2 aliphatic rings. The van der Waals surface area contributed by atoms with Crippen LogP contribution in [0.3, 0.4) is 0 Å². The van der Waals surface area contributed by atoms with Crippen LogP contribution in [-0.2, 0) is 6.61 Å². The predicted molar refractivity (Wildman–Crippen MR) is 206 cm³/mol. The third-order valence-corrected chi connectivity index (χ3v) is 10.6. The predicted octanol–water partition coefficient (Wildman–Crippen LogP) is 1.87. The molecule has 57 heavy (non-hydrogen) atoms. The van der Waals surface area contributed by atoms with Crippen molar-refractivity contribution in [3.63, 3.8) is 0 Å². The SMILES string of the molecule is O=C(Nc1cccnc1)N[C@@H]1CCN(c2nc(NCC(c3ccc(O)cc3)c3ccc(O)cc3)c3ncn([C@@H]4C[C@H](n5c(O)c(CO)[nH]c5=O)[C@@H](O)[C@H]4O)c3n2)C1. The van der Waals surface area contributed by atoms with Crippen LogP contribution >= 0.6 is 0 Å². The number of phenols is 2. The number of aromatic nitrogens is 7. The Morgan fingerprint density at radius 2 is 1.65 bits per heavy atom. The standard InChI is InChI=1S/C38H41N11O8/c50-18-27-35(55)49(38(57)44-27)29-14-28(31(53)32(29)54)48-19-41-30-33(40-16-26(20-3-7-24(51)8-4-20)21-5-9-25(52)10-6-21)45-36(46-34(30)48)47-13-11-23(17-47)43-37(56)42-22-2-1-12-39-15-22/h1-10,12,15,19,23,26,28-29,31-32,50-55H,11,13-14,16-18H2,(H,44,57)(H,40,45,46)(H2,42,43,56)/t23-,28-,29+,31+,32-/m1/s1. The molecule has 5 heterocycles. The van der Waals surface area contributed by atoms with Crippen molar-refractivity contribution >= 4 is 34.6 Å². The number of pyridine rings is 1. The molecule has 6 aromatic rings. The quantitative estimate of drug-likeness (QED) is 0.0900. The molecule has 2 amide bonds. The van der Waals surface area contributed by atoms with Gasteiger partial charge in [-0.15, -0.1) is 0 Å². The lowest BCUT2D eigenvalue weighted by Crippen LogP contribution is -2.40. The molecule has 296 valence electrons. The number of rotatable bonds is 11. The van der Waals surface area contributed by atoms with E-state index in [9.17, 15) is 40.2 Å². The van der Waals surface area contributed by atoms with Gasteiger partial charge in [0.05, 0.1) is 36.9 Å². The third kappa shape index (κ3) is 7.37. The van der Waals surface area contributed by atoms with Crippen molar-refractivity contribution in [3.05, 3.63) is 107 Å². The lowest BCUT2D eigenvalue weighted by atomic mass is 9.91. The lowest BCUT2D eigenvalue weighted by molar-refractivity contribution is 0.00758. The van der Waals surface area contributed by atoms with Crippen molar-refractivity contribution in [1.29, 1.82) is 0 Å². The molecule has 1 saturated carbocycles. The molecular formula is C38H41N11O8. The summed E-state index contributed by atoms with van der Waals surface area (Å²) in [5.74, 6) is 0.0931. The second-order valence-corrected chi connectivity index (χ2v) is 14.2. The number of aromatic amines is 1. The van der Waals surface area contributed by atoms with Crippen LogP contribution in [0, 0.1) is 0 Å². The minimum absolute atomic E-state index is 0.00237. The first kappa shape index (κ1) is 37.2. The second kappa shape index (κ2) is 15.4. The molecule has 0 radical (unpaired) electrons. The maximum Gasteiger partial charge on any atom is 0.329 e. The number of urea groups is 1. The number of aromatic hydroxyl groups is 3. The summed E-state index contributed by atoms with van der Waals surface area (Å²) in [7, 11) is 0. The van der Waals surface area contributed by atoms with E-state index in [-0.39, 0.29) is 41.6 Å². The minimum Gasteiger partial charge on any atom is -0.508 e. The van der Waals surface area contributed by atoms with Crippen LogP contribution in [0.4, 0.5) is 22.2 Å². The lowest BCUT2D eigenvalue weighted by Gasteiger charge is -2.22. The van der Waals surface area contributed by atoms with Crippen molar-refractivity contribution in [2.45, 2.75) is 55.7 Å². The van der Waals surface area contributed by atoms with Crippen LogP contribution in [0.1, 0.15) is 47.7 Å². The fourth-order valence-corrected chi connectivity index (χ4v) is 7.72. The number of nitrogens with zero attached hydrogens (tertiary/aromatic N) is 7. The molecule has 19 heteroatoms. The van der Waals surface area contributed by atoms with E-state index in [1.807, 2.05) is 29.2 Å². The number of aliphatic hydroxyl groups is 3. The number of amides is 2. The van der Waals surface area contributed by atoms with E-state index in [0.717, 1.165) is 15.7 Å². The molecule has 1 aliphatic carbocycles. The number of benzene rings is 2. The molecular weight excluding hydrogens is 738 g/mol. The summed E-state index contributed by atoms with van der Waals surface area (Å²) in [6.07, 6.45) is 2.34. The van der Waals surface area contributed by atoms with Crippen molar-refractivity contribution in [1.82, 2.24) is 39.4 Å². The summed E-state index contributed by atoms with van der Waals surface area (Å²) in [6, 6.07) is 14.6. The average molecular weight is 780 g/mol. The number of anilines is 3. The van der Waals surface area contributed by atoms with E-state index in [4.69, 9.17) is 9.97 Å². The van der Waals surface area contributed by atoms with Crippen LogP contribution in [-0.4, -0.2) is 109 Å². The van der Waals surface area contributed by atoms with E-state index in [0.29, 0.717) is 54.7 Å². The number of imidazole rings is 2. The molecule has 4 aromatic heterocycles. The highest BCUT2D eigenvalue weighted by atomic mass is 16.3. The van der Waals surface area contributed by atoms with Gasteiger partial charge in [-0.3, -0.25) is 9.55 Å². The van der Waals surface area contributed by atoms with Crippen LogP contribution in [0.25, 0.3) is 11.2 Å². The monoisotopic (exact) mass is 779 g/mol. The number of hydrogen-bond donors (Lipinski definition) is 10. The van der Waals surface area contributed by atoms with Gasteiger partial charge in [0.2, 0.25) is 11.8 Å². The van der Waals surface area contributed by atoms with Gasteiger partial charge in [-0.2, -0.15) is 9.97 Å². The van der Waals surface area contributed by atoms with Crippen molar-refractivity contribution in [2.24, 2.45) is 0 Å². The normalized spacial score (nSPS) is 20.7. The largest absolute Gasteiger partial charge is 0.508 e. The Bertz CT molecular complexity index is 2370. The fourth-order valence-electron chi connectivity index (χ4n) is 7.72. The molecule has 2 fully saturated rings. The van der Waals surface area contributed by atoms with Crippen LogP contribution < -0.4 is 26.5 Å². The van der Waals surface area contributed by atoms with Gasteiger partial charge in [-0.05, 0) is 60.4 Å². The minimum atomic E-state index is -1.48. The topological polar surface area (TPSA) is 272 Å². The Balaban J connectivity index is 1.13. The van der Waals surface area contributed by atoms with Crippen molar-refractivity contribution < 1.29 is 35.4 Å². The molecule has 10 N–H and O–H groups in total. The zero-order valence-electron chi connectivity index (χ0n) is 30.3. The zero-order chi connectivity index (χ0) is 39.8. The number of carbonyl (C=O) groups is 1. The average Bonchev–Trinajstić information content (AvgIpc) is 3.98. The fraction of sp³-hybridized carbons (Fsp3) is 0.316. The molecule has 2 aromatic carbocycles. The number of hydrogen-bond acceptors (Lipinski definition) is 14. The van der Waals surface area contributed by atoms with E-state index >= 15 is 0 Å². The zero-order valence-corrected chi connectivity index (χ0v) is 30.3. The Labute approximate surface area is 324 Å². The van der Waals surface area contributed by atoms with Crippen molar-refractivity contribution in [2.75, 3.05) is 35.2 Å². The summed E-state index contributed by atoms with van der Waals surface area (Å²) in [5.41, 5.74) is 2.11. The molecule has 8 rings (SSSR count). The molecule has 1 saturated heterocycles.